The Morgan fingerprint density at radius 1 is 1.19 bits per heavy atom. The maximum absolute atomic E-state index is 13.4. The zero-order valence-electron chi connectivity index (χ0n) is 17.1. The minimum absolute atomic E-state index is 0.0271. The molecule has 1 amide bonds. The summed E-state index contributed by atoms with van der Waals surface area (Å²) >= 11 is 0. The summed E-state index contributed by atoms with van der Waals surface area (Å²) in [6.07, 6.45) is -1.05. The number of amides is 1. The van der Waals surface area contributed by atoms with Crippen molar-refractivity contribution in [2.24, 2.45) is 0 Å². The predicted octanol–water partition coefficient (Wildman–Crippen LogP) is 2.14. The molecular formula is C20H21F3N2O6S. The van der Waals surface area contributed by atoms with E-state index in [1.54, 1.807) is 6.92 Å². The largest absolute Gasteiger partial charge is 0.495 e. The average Bonchev–Trinajstić information content (AvgIpc) is 2.92. The number of methoxy groups -OCH3 is 1. The van der Waals surface area contributed by atoms with Gasteiger partial charge >= 0.3 is 0 Å². The van der Waals surface area contributed by atoms with E-state index in [1.165, 1.54) is 19.2 Å². The van der Waals surface area contributed by atoms with Crippen molar-refractivity contribution in [3.8, 4) is 5.75 Å². The molecule has 2 atom stereocenters. The molecule has 1 fully saturated rings. The van der Waals surface area contributed by atoms with Crippen molar-refractivity contribution < 1.29 is 41.0 Å². The van der Waals surface area contributed by atoms with Gasteiger partial charge in [-0.1, -0.05) is 0 Å². The van der Waals surface area contributed by atoms with Crippen molar-refractivity contribution in [2.75, 3.05) is 32.2 Å². The number of aliphatic hydroxyl groups excluding tert-OH is 1. The first-order valence-corrected chi connectivity index (χ1v) is 10.9. The van der Waals surface area contributed by atoms with Crippen molar-refractivity contribution >= 4 is 21.6 Å². The van der Waals surface area contributed by atoms with Crippen molar-refractivity contribution in [2.45, 2.75) is 24.0 Å². The highest BCUT2D eigenvalue weighted by molar-refractivity contribution is 7.89. The second-order valence-corrected chi connectivity index (χ2v) is 9.05. The molecule has 1 saturated heterocycles. The Kier molecular flexibility index (Phi) is 7.08. The molecule has 2 N–H and O–H groups in total. The van der Waals surface area contributed by atoms with Crippen LogP contribution in [0.4, 0.5) is 18.9 Å². The third-order valence-electron chi connectivity index (χ3n) is 4.81. The predicted molar refractivity (Wildman–Crippen MR) is 107 cm³/mol. The molecule has 0 radical (unpaired) electrons. The fourth-order valence-electron chi connectivity index (χ4n) is 3.21. The van der Waals surface area contributed by atoms with Gasteiger partial charge in [-0.3, -0.25) is 4.79 Å². The highest BCUT2D eigenvalue weighted by Gasteiger charge is 2.35. The van der Waals surface area contributed by atoms with Gasteiger partial charge in [0, 0.05) is 36.0 Å². The number of halogens is 3. The first-order chi connectivity index (χ1) is 15.0. The van der Waals surface area contributed by atoms with Crippen molar-refractivity contribution in [1.29, 1.82) is 0 Å². The third-order valence-corrected chi connectivity index (χ3v) is 6.81. The molecule has 0 saturated carbocycles. The summed E-state index contributed by atoms with van der Waals surface area (Å²) in [7, 11) is -2.99. The van der Waals surface area contributed by atoms with Crippen LogP contribution in [0.25, 0.3) is 0 Å². The van der Waals surface area contributed by atoms with Crippen LogP contribution in [-0.4, -0.2) is 62.8 Å². The van der Waals surface area contributed by atoms with Gasteiger partial charge in [-0.25, -0.2) is 21.6 Å². The summed E-state index contributed by atoms with van der Waals surface area (Å²) in [5.41, 5.74) is -0.512. The summed E-state index contributed by atoms with van der Waals surface area (Å²) in [5.74, 6) is -5.60. The molecule has 3 rings (SSSR count). The zero-order chi connectivity index (χ0) is 23.6. The van der Waals surface area contributed by atoms with Crippen LogP contribution < -0.4 is 10.1 Å². The number of ether oxygens (including phenoxy) is 2. The summed E-state index contributed by atoms with van der Waals surface area (Å²) < 4.78 is 78.1. The molecular weight excluding hydrogens is 453 g/mol. The lowest BCUT2D eigenvalue weighted by Crippen LogP contribution is -2.43. The van der Waals surface area contributed by atoms with Gasteiger partial charge in [0.2, 0.25) is 10.0 Å². The fraction of sp³-hybridized carbons (Fsp3) is 0.350. The minimum Gasteiger partial charge on any atom is -0.495 e. The number of carbonyl (C=O) groups excluding carboxylic acids is 1. The lowest BCUT2D eigenvalue weighted by molar-refractivity contribution is 0.0551. The number of nitrogens with one attached hydrogen (secondary N) is 1. The molecule has 2 unspecified atom stereocenters. The molecule has 174 valence electrons. The van der Waals surface area contributed by atoms with Crippen molar-refractivity contribution in [1.82, 2.24) is 4.31 Å². The van der Waals surface area contributed by atoms with Crippen LogP contribution in [0, 0.1) is 17.5 Å². The van der Waals surface area contributed by atoms with E-state index in [0.29, 0.717) is 12.1 Å². The summed E-state index contributed by atoms with van der Waals surface area (Å²) in [6.45, 7) is 1.41. The number of carbonyl (C=O) groups is 1. The second-order valence-electron chi connectivity index (χ2n) is 7.19. The first kappa shape index (κ1) is 24.0. The number of anilines is 1. The SMILES string of the molecule is COc1ccc(C(=O)Nc2cc(F)c(F)c(F)c2)cc1S(=O)(=O)N1CC(O)COCC1C. The number of β-amino-alcohol motifs (C(OH)–C–C–N with tert-alkyl or cyclic N) is 1. The third kappa shape index (κ3) is 4.88. The Morgan fingerprint density at radius 3 is 2.47 bits per heavy atom. The molecule has 1 heterocycles. The van der Waals surface area contributed by atoms with Crippen LogP contribution >= 0.6 is 0 Å². The molecule has 12 heteroatoms. The molecule has 0 bridgehead atoms. The monoisotopic (exact) mass is 474 g/mol. The van der Waals surface area contributed by atoms with E-state index in [9.17, 15) is 31.5 Å². The smallest absolute Gasteiger partial charge is 0.255 e. The number of hydrogen-bond donors (Lipinski definition) is 2. The van der Waals surface area contributed by atoms with E-state index < -0.39 is 45.5 Å². The highest BCUT2D eigenvalue weighted by atomic mass is 32.2. The highest BCUT2D eigenvalue weighted by Crippen LogP contribution is 2.30. The topological polar surface area (TPSA) is 105 Å². The van der Waals surface area contributed by atoms with Gasteiger partial charge in [0.1, 0.15) is 10.6 Å². The van der Waals surface area contributed by atoms with Gasteiger partial charge in [-0.15, -0.1) is 0 Å². The summed E-state index contributed by atoms with van der Waals surface area (Å²) in [6, 6.07) is 4.14. The zero-order valence-corrected chi connectivity index (χ0v) is 18.0. The Bertz CT molecular complexity index is 1110. The molecule has 8 nitrogen and oxygen atoms in total. The van der Waals surface area contributed by atoms with Crippen LogP contribution in [-0.2, 0) is 14.8 Å². The maximum Gasteiger partial charge on any atom is 0.255 e. The van der Waals surface area contributed by atoms with E-state index in [-0.39, 0.29) is 41.7 Å². The van der Waals surface area contributed by atoms with E-state index >= 15 is 0 Å². The van der Waals surface area contributed by atoms with Gasteiger partial charge in [0.05, 0.1) is 26.4 Å². The quantitative estimate of drug-likeness (QED) is 0.644. The lowest BCUT2D eigenvalue weighted by atomic mass is 10.2. The van der Waals surface area contributed by atoms with E-state index in [0.717, 1.165) is 10.4 Å². The van der Waals surface area contributed by atoms with Crippen LogP contribution in [0.3, 0.4) is 0 Å². The summed E-state index contributed by atoms with van der Waals surface area (Å²) in [5, 5.41) is 12.2. The molecule has 2 aromatic rings. The number of rotatable bonds is 5. The van der Waals surface area contributed by atoms with Gasteiger partial charge in [-0.2, -0.15) is 4.31 Å². The Labute approximate surface area is 182 Å². The normalized spacial score (nSPS) is 19.9. The van der Waals surface area contributed by atoms with E-state index in [4.69, 9.17) is 9.47 Å². The van der Waals surface area contributed by atoms with E-state index in [2.05, 4.69) is 5.32 Å². The fourth-order valence-corrected chi connectivity index (χ4v) is 5.05. The molecule has 1 aliphatic heterocycles. The van der Waals surface area contributed by atoms with Gasteiger partial charge in [0.15, 0.2) is 17.5 Å². The van der Waals surface area contributed by atoms with E-state index in [1.807, 2.05) is 0 Å². The summed E-state index contributed by atoms with van der Waals surface area (Å²) in [4.78, 5) is 12.2. The average molecular weight is 474 g/mol. The maximum atomic E-state index is 13.4. The number of hydrogen-bond acceptors (Lipinski definition) is 6. The Morgan fingerprint density at radius 2 is 1.84 bits per heavy atom. The molecule has 32 heavy (non-hydrogen) atoms. The Balaban J connectivity index is 1.97. The first-order valence-electron chi connectivity index (χ1n) is 9.46. The molecule has 2 aromatic carbocycles. The van der Waals surface area contributed by atoms with Crippen molar-refractivity contribution in [3.63, 3.8) is 0 Å². The van der Waals surface area contributed by atoms with Crippen LogP contribution in [0.2, 0.25) is 0 Å². The number of aliphatic hydroxyl groups is 1. The number of sulfonamides is 1. The number of benzene rings is 2. The van der Waals surface area contributed by atoms with Gasteiger partial charge in [0.25, 0.3) is 5.91 Å². The molecule has 0 spiro atoms. The Hall–Kier alpha value is -2.67. The number of nitrogens with zero attached hydrogens (tertiary/aromatic N) is 1. The molecule has 1 aliphatic rings. The van der Waals surface area contributed by atoms with Gasteiger partial charge < -0.3 is 19.9 Å². The van der Waals surface area contributed by atoms with Gasteiger partial charge in [-0.05, 0) is 25.1 Å². The standard InChI is InChI=1S/C20H21F3N2O6S/c1-11-9-31-10-14(26)8-25(11)32(28,29)18-5-12(3-4-17(18)30-2)20(27)24-13-6-15(21)19(23)16(22)7-13/h3-7,11,14,26H,8-10H2,1-2H3,(H,24,27). The van der Waals surface area contributed by atoms with Crippen molar-refractivity contribution in [3.05, 3.63) is 53.3 Å². The minimum atomic E-state index is -4.24. The van der Waals surface area contributed by atoms with Crippen LogP contribution in [0.1, 0.15) is 17.3 Å². The molecule has 0 aliphatic carbocycles. The van der Waals surface area contributed by atoms with Crippen LogP contribution in [0.5, 0.6) is 5.75 Å². The van der Waals surface area contributed by atoms with Crippen LogP contribution in [0.15, 0.2) is 35.2 Å². The second kappa shape index (κ2) is 9.45. The lowest BCUT2D eigenvalue weighted by Gasteiger charge is -2.27. The molecule has 0 aromatic heterocycles.